The predicted octanol–water partition coefficient (Wildman–Crippen LogP) is 4.12. The van der Waals surface area contributed by atoms with Crippen molar-refractivity contribution in [1.82, 2.24) is 9.97 Å². The highest BCUT2D eigenvalue weighted by molar-refractivity contribution is 6.30. The van der Waals surface area contributed by atoms with Crippen LogP contribution in [0.25, 0.3) is 11.4 Å². The summed E-state index contributed by atoms with van der Waals surface area (Å²) in [5, 5.41) is 3.88. The number of rotatable bonds is 3. The van der Waals surface area contributed by atoms with Gasteiger partial charge in [0, 0.05) is 22.3 Å². The van der Waals surface area contributed by atoms with Crippen LogP contribution in [0.5, 0.6) is 0 Å². The van der Waals surface area contributed by atoms with Crippen LogP contribution in [0.2, 0.25) is 5.02 Å². The minimum atomic E-state index is 0.417. The van der Waals surface area contributed by atoms with Gasteiger partial charge >= 0.3 is 0 Å². The number of nitrogens with one attached hydrogen (secondary N) is 1. The van der Waals surface area contributed by atoms with Gasteiger partial charge in [-0.05, 0) is 24.3 Å². The molecule has 0 saturated carbocycles. The first-order chi connectivity index (χ1) is 10.2. The molecule has 5 heteroatoms. The van der Waals surface area contributed by atoms with E-state index in [0.29, 0.717) is 22.5 Å². The van der Waals surface area contributed by atoms with Crippen LogP contribution in [0.3, 0.4) is 0 Å². The molecule has 3 N–H and O–H groups in total. The van der Waals surface area contributed by atoms with Gasteiger partial charge < -0.3 is 11.1 Å². The molecule has 0 saturated heterocycles. The molecule has 0 radical (unpaired) electrons. The number of anilines is 3. The van der Waals surface area contributed by atoms with Gasteiger partial charge in [-0.3, -0.25) is 0 Å². The Morgan fingerprint density at radius 3 is 2.33 bits per heavy atom. The van der Waals surface area contributed by atoms with Crippen LogP contribution < -0.4 is 11.1 Å². The molecule has 3 rings (SSSR count). The van der Waals surface area contributed by atoms with Crippen LogP contribution in [0.1, 0.15) is 0 Å². The Kier molecular flexibility index (Phi) is 3.71. The topological polar surface area (TPSA) is 63.8 Å². The number of benzene rings is 2. The van der Waals surface area contributed by atoms with Crippen LogP contribution in [-0.2, 0) is 0 Å². The summed E-state index contributed by atoms with van der Waals surface area (Å²) in [5.74, 6) is 1.65. The van der Waals surface area contributed by atoms with Crippen LogP contribution in [0, 0.1) is 0 Å². The van der Waals surface area contributed by atoms with Gasteiger partial charge in [-0.15, -0.1) is 0 Å². The first kappa shape index (κ1) is 13.4. The van der Waals surface area contributed by atoms with E-state index >= 15 is 0 Å². The molecule has 2 aromatic carbocycles. The summed E-state index contributed by atoms with van der Waals surface area (Å²) < 4.78 is 0. The van der Waals surface area contributed by atoms with E-state index in [-0.39, 0.29) is 0 Å². The maximum atomic E-state index is 5.87. The monoisotopic (exact) mass is 296 g/mol. The Hall–Kier alpha value is -2.59. The Bertz CT molecular complexity index is 742. The van der Waals surface area contributed by atoms with Gasteiger partial charge in [-0.1, -0.05) is 41.9 Å². The molecular weight excluding hydrogens is 284 g/mol. The van der Waals surface area contributed by atoms with Crippen LogP contribution >= 0.6 is 11.6 Å². The van der Waals surface area contributed by atoms with Gasteiger partial charge in [0.25, 0.3) is 0 Å². The minimum Gasteiger partial charge on any atom is -0.384 e. The van der Waals surface area contributed by atoms with E-state index in [2.05, 4.69) is 15.3 Å². The van der Waals surface area contributed by atoms with Crippen LogP contribution in [-0.4, -0.2) is 9.97 Å². The molecule has 0 unspecified atom stereocenters. The number of halogens is 1. The summed E-state index contributed by atoms with van der Waals surface area (Å²) in [7, 11) is 0. The molecule has 3 aromatic rings. The molecule has 0 aliphatic carbocycles. The molecule has 0 bridgehead atoms. The molecule has 0 aliphatic rings. The van der Waals surface area contributed by atoms with E-state index in [1.165, 1.54) is 0 Å². The smallest absolute Gasteiger partial charge is 0.163 e. The standard InChI is InChI=1S/C16H13ClN4/c17-12-6-8-13(9-7-12)19-15-10-14(18)20-16(21-15)11-4-2-1-3-5-11/h1-10H,(H3,18,19,20,21). The lowest BCUT2D eigenvalue weighted by atomic mass is 10.2. The highest BCUT2D eigenvalue weighted by Crippen LogP contribution is 2.22. The summed E-state index contributed by atoms with van der Waals surface area (Å²) >= 11 is 5.87. The van der Waals surface area contributed by atoms with E-state index in [0.717, 1.165) is 11.3 Å². The van der Waals surface area contributed by atoms with E-state index in [1.807, 2.05) is 54.6 Å². The second-order valence-corrected chi connectivity index (χ2v) is 4.94. The van der Waals surface area contributed by atoms with E-state index in [9.17, 15) is 0 Å². The Morgan fingerprint density at radius 1 is 0.905 bits per heavy atom. The zero-order valence-electron chi connectivity index (χ0n) is 11.1. The summed E-state index contributed by atoms with van der Waals surface area (Å²) in [5.41, 5.74) is 7.67. The normalized spacial score (nSPS) is 10.3. The van der Waals surface area contributed by atoms with Crippen molar-refractivity contribution in [3.05, 3.63) is 65.7 Å². The fraction of sp³-hybridized carbons (Fsp3) is 0. The van der Waals surface area contributed by atoms with Crippen molar-refractivity contribution >= 4 is 28.9 Å². The molecule has 0 spiro atoms. The number of aromatic nitrogens is 2. The third kappa shape index (κ3) is 3.30. The summed E-state index contributed by atoms with van der Waals surface area (Å²) in [4.78, 5) is 8.75. The maximum absolute atomic E-state index is 5.87. The zero-order chi connectivity index (χ0) is 14.7. The van der Waals surface area contributed by atoms with Crippen molar-refractivity contribution < 1.29 is 0 Å². The largest absolute Gasteiger partial charge is 0.384 e. The van der Waals surface area contributed by atoms with Crippen LogP contribution in [0.4, 0.5) is 17.3 Å². The summed E-state index contributed by atoms with van der Waals surface area (Å²) in [6.07, 6.45) is 0. The average molecular weight is 297 g/mol. The third-order valence-electron chi connectivity index (χ3n) is 2.89. The lowest BCUT2D eigenvalue weighted by Gasteiger charge is -2.08. The molecule has 1 aromatic heterocycles. The van der Waals surface area contributed by atoms with Gasteiger partial charge in [0.1, 0.15) is 11.6 Å². The molecule has 104 valence electrons. The van der Waals surface area contributed by atoms with E-state index in [1.54, 1.807) is 6.07 Å². The minimum absolute atomic E-state index is 0.417. The Morgan fingerprint density at radius 2 is 1.62 bits per heavy atom. The lowest BCUT2D eigenvalue weighted by molar-refractivity contribution is 1.18. The molecule has 0 atom stereocenters. The first-order valence-corrected chi connectivity index (χ1v) is 6.81. The van der Waals surface area contributed by atoms with Gasteiger partial charge in [0.15, 0.2) is 5.82 Å². The Balaban J connectivity index is 1.93. The molecule has 0 amide bonds. The number of nitrogens with two attached hydrogens (primary N) is 1. The molecule has 1 heterocycles. The highest BCUT2D eigenvalue weighted by Gasteiger charge is 2.05. The number of hydrogen-bond acceptors (Lipinski definition) is 4. The second kappa shape index (κ2) is 5.81. The Labute approximate surface area is 127 Å². The van der Waals surface area contributed by atoms with Crippen molar-refractivity contribution in [2.75, 3.05) is 11.1 Å². The molecule has 21 heavy (non-hydrogen) atoms. The zero-order valence-corrected chi connectivity index (χ0v) is 11.9. The predicted molar refractivity (Wildman–Crippen MR) is 86.6 cm³/mol. The first-order valence-electron chi connectivity index (χ1n) is 6.43. The number of nitrogen functional groups attached to an aromatic ring is 1. The average Bonchev–Trinajstić information content (AvgIpc) is 2.50. The van der Waals surface area contributed by atoms with Crippen molar-refractivity contribution in [2.45, 2.75) is 0 Å². The van der Waals surface area contributed by atoms with Gasteiger partial charge in [0.2, 0.25) is 0 Å². The number of nitrogens with zero attached hydrogens (tertiary/aromatic N) is 2. The number of hydrogen-bond donors (Lipinski definition) is 2. The fourth-order valence-corrected chi connectivity index (χ4v) is 2.05. The maximum Gasteiger partial charge on any atom is 0.163 e. The van der Waals surface area contributed by atoms with E-state index in [4.69, 9.17) is 17.3 Å². The van der Waals surface area contributed by atoms with Crippen LogP contribution in [0.15, 0.2) is 60.7 Å². The van der Waals surface area contributed by atoms with E-state index < -0.39 is 0 Å². The van der Waals surface area contributed by atoms with Crippen molar-refractivity contribution in [2.24, 2.45) is 0 Å². The highest BCUT2D eigenvalue weighted by atomic mass is 35.5. The molecular formula is C16H13ClN4. The molecule has 4 nitrogen and oxygen atoms in total. The van der Waals surface area contributed by atoms with Crippen molar-refractivity contribution in [3.63, 3.8) is 0 Å². The molecule has 0 aliphatic heterocycles. The van der Waals surface area contributed by atoms with Crippen molar-refractivity contribution in [3.8, 4) is 11.4 Å². The summed E-state index contributed by atoms with van der Waals surface area (Å²) in [6, 6.07) is 18.8. The van der Waals surface area contributed by atoms with Gasteiger partial charge in [-0.2, -0.15) is 0 Å². The van der Waals surface area contributed by atoms with Crippen molar-refractivity contribution in [1.29, 1.82) is 0 Å². The SMILES string of the molecule is Nc1cc(Nc2ccc(Cl)cc2)nc(-c2ccccc2)n1. The molecule has 0 fully saturated rings. The second-order valence-electron chi connectivity index (χ2n) is 4.50. The fourth-order valence-electron chi connectivity index (χ4n) is 1.93. The lowest BCUT2D eigenvalue weighted by Crippen LogP contribution is -2.00. The van der Waals surface area contributed by atoms with Gasteiger partial charge in [0.05, 0.1) is 0 Å². The summed E-state index contributed by atoms with van der Waals surface area (Å²) in [6.45, 7) is 0. The quantitative estimate of drug-likeness (QED) is 0.763. The van der Waals surface area contributed by atoms with Gasteiger partial charge in [-0.25, -0.2) is 9.97 Å². The third-order valence-corrected chi connectivity index (χ3v) is 3.15.